The fourth-order valence-corrected chi connectivity index (χ4v) is 6.03. The molecule has 1 fully saturated rings. The van der Waals surface area contributed by atoms with Gasteiger partial charge in [0.2, 0.25) is 5.13 Å². The minimum atomic E-state index is -4.24. The molecule has 0 radical (unpaired) electrons. The number of likely N-dealkylation sites (tertiary alicyclic amines) is 1. The zero-order chi connectivity index (χ0) is 24.1. The van der Waals surface area contributed by atoms with E-state index in [0.29, 0.717) is 10.8 Å². The molecule has 0 unspecified atom stereocenters. The molecule has 7 nitrogen and oxygen atoms in total. The standard InChI is InChI=1S/C22H23Cl2FN4O3S2/c23-16-6-7-19(15(11-16)5-4-10-29-8-2-1-3-9-29)32-20-13-18(25)21(12-17(20)24)34(30,31)28-22-26-14-27-33-22/h6-7,11-14H,1-5,8-10H2,(H,26,27,28). The van der Waals surface area contributed by atoms with Crippen molar-refractivity contribution in [3.8, 4) is 11.5 Å². The van der Waals surface area contributed by atoms with Crippen LogP contribution in [0.5, 0.6) is 11.5 Å². The van der Waals surface area contributed by atoms with Crippen molar-refractivity contribution in [1.82, 2.24) is 14.3 Å². The lowest BCUT2D eigenvalue weighted by molar-refractivity contribution is 0.226. The number of hydrogen-bond donors (Lipinski definition) is 1. The predicted molar refractivity (Wildman–Crippen MR) is 132 cm³/mol. The summed E-state index contributed by atoms with van der Waals surface area (Å²) < 4.78 is 51.7. The Morgan fingerprint density at radius 1 is 1.12 bits per heavy atom. The highest BCUT2D eigenvalue weighted by atomic mass is 35.5. The Hall–Kier alpha value is -1.98. The van der Waals surface area contributed by atoms with Gasteiger partial charge in [0.1, 0.15) is 28.5 Å². The van der Waals surface area contributed by atoms with Crippen LogP contribution in [0.15, 0.2) is 41.6 Å². The molecule has 2 aromatic carbocycles. The molecular weight excluding hydrogens is 522 g/mol. The van der Waals surface area contributed by atoms with Crippen LogP contribution in [-0.2, 0) is 16.4 Å². The molecule has 12 heteroatoms. The molecule has 4 rings (SSSR count). The van der Waals surface area contributed by atoms with Gasteiger partial charge in [-0.25, -0.2) is 17.8 Å². The summed E-state index contributed by atoms with van der Waals surface area (Å²) in [5.74, 6) is -0.502. The molecule has 1 aromatic heterocycles. The highest BCUT2D eigenvalue weighted by Crippen LogP contribution is 2.36. The van der Waals surface area contributed by atoms with Crippen LogP contribution in [-0.4, -0.2) is 42.3 Å². The van der Waals surface area contributed by atoms with Crippen molar-refractivity contribution in [2.45, 2.75) is 37.0 Å². The molecule has 1 aliphatic rings. The topological polar surface area (TPSA) is 84.4 Å². The Balaban J connectivity index is 1.50. The second-order valence-electron chi connectivity index (χ2n) is 7.92. The van der Waals surface area contributed by atoms with E-state index in [9.17, 15) is 12.8 Å². The van der Waals surface area contributed by atoms with E-state index in [1.807, 2.05) is 6.07 Å². The third-order valence-electron chi connectivity index (χ3n) is 5.47. The number of anilines is 1. The first-order valence-electron chi connectivity index (χ1n) is 10.8. The highest BCUT2D eigenvalue weighted by molar-refractivity contribution is 7.93. The van der Waals surface area contributed by atoms with Crippen molar-refractivity contribution in [3.63, 3.8) is 0 Å². The van der Waals surface area contributed by atoms with Gasteiger partial charge in [-0.3, -0.25) is 4.72 Å². The summed E-state index contributed by atoms with van der Waals surface area (Å²) in [4.78, 5) is 5.59. The first-order valence-corrected chi connectivity index (χ1v) is 13.8. The predicted octanol–water partition coefficient (Wildman–Crippen LogP) is 6.00. The third kappa shape index (κ3) is 6.37. The van der Waals surface area contributed by atoms with E-state index in [1.54, 1.807) is 12.1 Å². The fraction of sp³-hybridized carbons (Fsp3) is 0.364. The molecule has 0 atom stereocenters. The van der Waals surface area contributed by atoms with Gasteiger partial charge in [0.05, 0.1) is 5.02 Å². The average Bonchev–Trinajstić information content (AvgIpc) is 3.30. The largest absolute Gasteiger partial charge is 0.455 e. The molecule has 0 bridgehead atoms. The summed E-state index contributed by atoms with van der Waals surface area (Å²) in [5, 5.41) is 0.543. The smallest absolute Gasteiger partial charge is 0.266 e. The van der Waals surface area contributed by atoms with Crippen molar-refractivity contribution < 1.29 is 17.5 Å². The normalized spacial score (nSPS) is 14.8. The van der Waals surface area contributed by atoms with Crippen LogP contribution in [0.4, 0.5) is 9.52 Å². The molecule has 2 heterocycles. The van der Waals surface area contributed by atoms with E-state index in [-0.39, 0.29) is 15.9 Å². The van der Waals surface area contributed by atoms with Crippen LogP contribution >= 0.6 is 34.7 Å². The monoisotopic (exact) mass is 544 g/mol. The number of nitrogens with one attached hydrogen (secondary N) is 1. The quantitative estimate of drug-likeness (QED) is 0.355. The molecule has 182 valence electrons. The summed E-state index contributed by atoms with van der Waals surface area (Å²) in [7, 11) is -4.24. The van der Waals surface area contributed by atoms with E-state index in [1.165, 1.54) is 25.6 Å². The molecule has 0 amide bonds. The van der Waals surface area contributed by atoms with Gasteiger partial charge < -0.3 is 9.64 Å². The first kappa shape index (κ1) is 25.1. The van der Waals surface area contributed by atoms with Crippen molar-refractivity contribution >= 4 is 49.9 Å². The number of aryl methyl sites for hydroxylation is 1. The van der Waals surface area contributed by atoms with Gasteiger partial charge in [0.25, 0.3) is 10.0 Å². The lowest BCUT2D eigenvalue weighted by Crippen LogP contribution is -2.30. The van der Waals surface area contributed by atoms with Gasteiger partial charge in [-0.15, -0.1) is 0 Å². The number of aromatic nitrogens is 2. The van der Waals surface area contributed by atoms with Gasteiger partial charge >= 0.3 is 0 Å². The van der Waals surface area contributed by atoms with Crippen LogP contribution in [0.1, 0.15) is 31.2 Å². The van der Waals surface area contributed by atoms with Gasteiger partial charge in [0.15, 0.2) is 0 Å². The van der Waals surface area contributed by atoms with Crippen molar-refractivity contribution in [2.24, 2.45) is 0 Å². The molecule has 1 aliphatic heterocycles. The number of benzene rings is 2. The number of hydrogen-bond acceptors (Lipinski definition) is 7. The van der Waals surface area contributed by atoms with Crippen molar-refractivity contribution in [3.05, 3.63) is 58.1 Å². The highest BCUT2D eigenvalue weighted by Gasteiger charge is 2.24. The van der Waals surface area contributed by atoms with Crippen molar-refractivity contribution in [2.75, 3.05) is 24.4 Å². The molecule has 0 spiro atoms. The number of nitrogens with zero attached hydrogens (tertiary/aromatic N) is 3. The lowest BCUT2D eigenvalue weighted by Gasteiger charge is -2.26. The number of piperidine rings is 1. The SMILES string of the molecule is O=S(=O)(Nc1ncns1)c1cc(Cl)c(Oc2ccc(Cl)cc2CCCN2CCCCC2)cc1F. The Labute approximate surface area is 212 Å². The summed E-state index contributed by atoms with van der Waals surface area (Å²) in [5.41, 5.74) is 0.871. The molecule has 0 saturated carbocycles. The van der Waals surface area contributed by atoms with E-state index in [0.717, 1.165) is 61.7 Å². The zero-order valence-electron chi connectivity index (χ0n) is 18.1. The Bertz CT molecular complexity index is 1240. The fourth-order valence-electron chi connectivity index (χ4n) is 3.82. The van der Waals surface area contributed by atoms with Gasteiger partial charge in [-0.1, -0.05) is 29.6 Å². The molecule has 1 N–H and O–H groups in total. The lowest BCUT2D eigenvalue weighted by atomic mass is 10.1. The number of ether oxygens (including phenoxy) is 1. The van der Waals surface area contributed by atoms with Crippen LogP contribution in [0.3, 0.4) is 0 Å². The van der Waals surface area contributed by atoms with Crippen LogP contribution in [0, 0.1) is 5.82 Å². The molecule has 3 aromatic rings. The molecule has 34 heavy (non-hydrogen) atoms. The minimum absolute atomic E-state index is 0.00800. The Morgan fingerprint density at radius 3 is 2.65 bits per heavy atom. The number of rotatable bonds is 9. The summed E-state index contributed by atoms with van der Waals surface area (Å²) in [6.07, 6.45) is 6.60. The average molecular weight is 545 g/mol. The van der Waals surface area contributed by atoms with E-state index in [4.69, 9.17) is 27.9 Å². The second kappa shape index (κ2) is 11.2. The molecular formula is C22H23Cl2FN4O3S2. The minimum Gasteiger partial charge on any atom is -0.455 e. The van der Waals surface area contributed by atoms with E-state index >= 15 is 0 Å². The van der Waals surface area contributed by atoms with E-state index in [2.05, 4.69) is 19.0 Å². The summed E-state index contributed by atoms with van der Waals surface area (Å²) in [6.45, 7) is 3.23. The Kier molecular flexibility index (Phi) is 8.26. The maximum absolute atomic E-state index is 14.8. The van der Waals surface area contributed by atoms with Gasteiger partial charge in [-0.05, 0) is 75.1 Å². The molecule has 1 saturated heterocycles. The van der Waals surface area contributed by atoms with Crippen LogP contribution < -0.4 is 9.46 Å². The number of halogens is 3. The number of sulfonamides is 1. The second-order valence-corrected chi connectivity index (χ2v) is 11.2. The first-order chi connectivity index (χ1) is 16.3. The van der Waals surface area contributed by atoms with Crippen molar-refractivity contribution in [1.29, 1.82) is 0 Å². The summed E-state index contributed by atoms with van der Waals surface area (Å²) in [6, 6.07) is 7.18. The van der Waals surface area contributed by atoms with Gasteiger partial charge in [0, 0.05) is 22.6 Å². The van der Waals surface area contributed by atoms with E-state index < -0.39 is 20.7 Å². The zero-order valence-corrected chi connectivity index (χ0v) is 21.3. The maximum atomic E-state index is 14.8. The third-order valence-corrected chi connectivity index (χ3v) is 8.06. The van der Waals surface area contributed by atoms with Crippen LogP contribution in [0.25, 0.3) is 0 Å². The van der Waals surface area contributed by atoms with Gasteiger partial charge in [-0.2, -0.15) is 4.37 Å². The molecule has 0 aliphatic carbocycles. The maximum Gasteiger partial charge on any atom is 0.266 e. The van der Waals surface area contributed by atoms with Crippen LogP contribution in [0.2, 0.25) is 10.0 Å². The summed E-state index contributed by atoms with van der Waals surface area (Å²) >= 11 is 13.3. The Morgan fingerprint density at radius 2 is 1.91 bits per heavy atom.